The molecule has 4 nitrogen and oxygen atoms in total. The molecule has 8 bridgehead atoms. The maximum absolute atomic E-state index is 4.73. The minimum absolute atomic E-state index is 0.777. The molecule has 4 heteroatoms. The van der Waals surface area contributed by atoms with Crippen molar-refractivity contribution in [3.63, 3.8) is 0 Å². The highest BCUT2D eigenvalue weighted by Crippen LogP contribution is 2.15. The first-order chi connectivity index (χ1) is 11.8. The topological polar surface area (TPSA) is 56.4 Å². The van der Waals surface area contributed by atoms with E-state index in [-0.39, 0.29) is 0 Å². The van der Waals surface area contributed by atoms with E-state index in [1.165, 1.54) is 0 Å². The average molecular weight is 312 g/mol. The van der Waals surface area contributed by atoms with E-state index in [4.69, 9.17) is 19.9 Å². The normalized spacial score (nSPS) is 14.0. The lowest BCUT2D eigenvalue weighted by atomic mass is 10.2. The molecule has 0 radical (unpaired) electrons. The fourth-order valence-corrected chi connectivity index (χ4v) is 3.34. The van der Waals surface area contributed by atoms with Gasteiger partial charge in [-0.1, -0.05) is 48.5 Å². The summed E-state index contributed by atoms with van der Waals surface area (Å²) in [4.78, 5) is 18.9. The van der Waals surface area contributed by atoms with E-state index >= 15 is 0 Å². The predicted molar refractivity (Wildman–Crippen MR) is 90.3 cm³/mol. The summed E-state index contributed by atoms with van der Waals surface area (Å²) in [7, 11) is 0. The van der Waals surface area contributed by atoms with Gasteiger partial charge < -0.3 is 19.9 Å². The van der Waals surface area contributed by atoms with Crippen LogP contribution in [0.2, 0.25) is 0 Å². The van der Waals surface area contributed by atoms with Crippen molar-refractivity contribution >= 4 is 0 Å². The third-order valence-electron chi connectivity index (χ3n) is 4.47. The second kappa shape index (κ2) is 5.34. The maximum atomic E-state index is 4.73. The van der Waals surface area contributed by atoms with Gasteiger partial charge in [0.1, 0.15) is 0 Å². The standard InChI is InChI=1S/C20H16N4/c1-2-14-10-16-5-6-18(23-16)12-20-8-7-19(24-20)11-17-4-3-15(22-17)9-13(1)21-14/h1-8H,9-12H2/q-4. The summed E-state index contributed by atoms with van der Waals surface area (Å²) in [5.41, 5.74) is 8.57. The van der Waals surface area contributed by atoms with Crippen LogP contribution in [0.5, 0.6) is 0 Å². The van der Waals surface area contributed by atoms with Gasteiger partial charge >= 0.3 is 0 Å². The van der Waals surface area contributed by atoms with Crippen molar-refractivity contribution in [2.45, 2.75) is 25.7 Å². The highest BCUT2D eigenvalue weighted by Gasteiger charge is 1.95. The zero-order valence-electron chi connectivity index (χ0n) is 13.2. The highest BCUT2D eigenvalue weighted by molar-refractivity contribution is 5.28. The lowest BCUT2D eigenvalue weighted by Gasteiger charge is -2.19. The molecule has 0 saturated heterocycles. The van der Waals surface area contributed by atoms with Gasteiger partial charge in [-0.15, -0.1) is 0 Å². The van der Waals surface area contributed by atoms with Crippen molar-refractivity contribution in [3.05, 3.63) is 94.1 Å². The van der Waals surface area contributed by atoms with Crippen molar-refractivity contribution < 1.29 is 0 Å². The van der Waals surface area contributed by atoms with Crippen molar-refractivity contribution in [1.82, 2.24) is 19.9 Å². The molecule has 0 aromatic carbocycles. The molecule has 0 amide bonds. The van der Waals surface area contributed by atoms with Crippen molar-refractivity contribution in [3.8, 4) is 0 Å². The molecule has 0 N–H and O–H groups in total. The molecule has 1 aliphatic heterocycles. The fourth-order valence-electron chi connectivity index (χ4n) is 3.34. The summed E-state index contributed by atoms with van der Waals surface area (Å²) in [6, 6.07) is 16.7. The lowest BCUT2D eigenvalue weighted by Crippen LogP contribution is -1.99. The first-order valence-corrected chi connectivity index (χ1v) is 8.26. The molecule has 1 aliphatic rings. The average Bonchev–Trinajstić information content (AvgIpc) is 3.32. The Morgan fingerprint density at radius 1 is 0.333 bits per heavy atom. The zero-order chi connectivity index (χ0) is 15.9. The molecule has 0 unspecified atom stereocenters. The molecule has 0 atom stereocenters. The van der Waals surface area contributed by atoms with Gasteiger partial charge in [-0.25, -0.2) is 0 Å². The SMILES string of the molecule is c1cc2[n-]c1Cc1ccc([n-]1)Cc1ccc([n-]1)Cc1ccc([n-]1)C2. The molecule has 0 spiro atoms. The summed E-state index contributed by atoms with van der Waals surface area (Å²) in [5, 5.41) is 0. The number of aromatic nitrogens is 4. The molecular weight excluding hydrogens is 296 g/mol. The monoisotopic (exact) mass is 312 g/mol. The lowest BCUT2D eigenvalue weighted by molar-refractivity contribution is 0.925. The number of hydrogen-bond acceptors (Lipinski definition) is 0. The quantitative estimate of drug-likeness (QED) is 0.440. The molecule has 5 heterocycles. The van der Waals surface area contributed by atoms with Crippen LogP contribution in [0.25, 0.3) is 0 Å². The summed E-state index contributed by atoms with van der Waals surface area (Å²) in [6.45, 7) is 0. The van der Waals surface area contributed by atoms with Gasteiger partial charge in [0.15, 0.2) is 0 Å². The fraction of sp³-hybridized carbons (Fsp3) is 0.200. The van der Waals surface area contributed by atoms with Gasteiger partial charge in [0.25, 0.3) is 0 Å². The van der Waals surface area contributed by atoms with E-state index in [0.29, 0.717) is 0 Å². The van der Waals surface area contributed by atoms with Gasteiger partial charge in [0.2, 0.25) is 0 Å². The molecule has 0 saturated carbocycles. The first kappa shape index (κ1) is 13.5. The first-order valence-electron chi connectivity index (χ1n) is 8.26. The Kier molecular flexibility index (Phi) is 3.01. The van der Waals surface area contributed by atoms with Crippen LogP contribution in [0.4, 0.5) is 0 Å². The van der Waals surface area contributed by atoms with E-state index in [9.17, 15) is 0 Å². The van der Waals surface area contributed by atoms with Gasteiger partial charge in [-0.3, -0.25) is 0 Å². The Hall–Kier alpha value is -2.88. The predicted octanol–water partition coefficient (Wildman–Crippen LogP) is 2.19. The summed E-state index contributed by atoms with van der Waals surface area (Å²) in [6.07, 6.45) is 3.11. The Labute approximate surface area is 140 Å². The van der Waals surface area contributed by atoms with Crippen LogP contribution in [0.1, 0.15) is 45.6 Å². The number of hydrogen-bond donors (Lipinski definition) is 0. The molecular formula is C20H16N4-4. The number of fused-ring (bicyclic) bond motifs is 8. The van der Waals surface area contributed by atoms with Crippen LogP contribution in [-0.2, 0) is 25.7 Å². The molecule has 4 aromatic rings. The molecule has 5 rings (SSSR count). The largest absolute Gasteiger partial charge is 0.664 e. The van der Waals surface area contributed by atoms with Gasteiger partial charge in [0, 0.05) is 0 Å². The van der Waals surface area contributed by atoms with E-state index < -0.39 is 0 Å². The van der Waals surface area contributed by atoms with Gasteiger partial charge in [-0.2, -0.15) is 45.6 Å². The van der Waals surface area contributed by atoms with Crippen molar-refractivity contribution in [1.29, 1.82) is 0 Å². The summed E-state index contributed by atoms with van der Waals surface area (Å²) in [5.74, 6) is 0. The summed E-state index contributed by atoms with van der Waals surface area (Å²) < 4.78 is 0. The van der Waals surface area contributed by atoms with Crippen LogP contribution in [0, 0.1) is 0 Å². The van der Waals surface area contributed by atoms with E-state index in [2.05, 4.69) is 48.5 Å². The number of nitrogens with zero attached hydrogens (tertiary/aromatic N) is 4. The molecule has 0 fully saturated rings. The molecule has 4 aromatic heterocycles. The Balaban J connectivity index is 1.54. The van der Waals surface area contributed by atoms with Crippen LogP contribution >= 0.6 is 0 Å². The maximum Gasteiger partial charge on any atom is -0.0439 e. The van der Waals surface area contributed by atoms with Crippen LogP contribution < -0.4 is 19.9 Å². The second-order valence-corrected chi connectivity index (χ2v) is 6.42. The van der Waals surface area contributed by atoms with Crippen molar-refractivity contribution in [2.24, 2.45) is 0 Å². The van der Waals surface area contributed by atoms with Crippen LogP contribution in [0.3, 0.4) is 0 Å². The highest BCUT2D eigenvalue weighted by atomic mass is 14.8. The Morgan fingerprint density at radius 3 is 0.667 bits per heavy atom. The molecule has 24 heavy (non-hydrogen) atoms. The smallest absolute Gasteiger partial charge is 0.0439 e. The zero-order valence-corrected chi connectivity index (χ0v) is 13.2. The minimum Gasteiger partial charge on any atom is -0.664 e. The van der Waals surface area contributed by atoms with E-state index in [1.807, 2.05) is 0 Å². The van der Waals surface area contributed by atoms with Gasteiger partial charge in [0.05, 0.1) is 0 Å². The van der Waals surface area contributed by atoms with Crippen molar-refractivity contribution in [2.75, 3.05) is 0 Å². The number of rotatable bonds is 0. The molecule has 0 aliphatic carbocycles. The molecule has 120 valence electrons. The third-order valence-corrected chi connectivity index (χ3v) is 4.47. The van der Waals surface area contributed by atoms with Crippen LogP contribution in [-0.4, -0.2) is 0 Å². The Morgan fingerprint density at radius 2 is 0.500 bits per heavy atom. The van der Waals surface area contributed by atoms with E-state index in [0.717, 1.165) is 71.2 Å². The van der Waals surface area contributed by atoms with Crippen LogP contribution in [0.15, 0.2) is 48.5 Å². The third kappa shape index (κ3) is 2.60. The second-order valence-electron chi connectivity index (χ2n) is 6.42. The van der Waals surface area contributed by atoms with Gasteiger partial charge in [-0.05, 0) is 25.7 Å². The summed E-state index contributed by atoms with van der Waals surface area (Å²) >= 11 is 0. The Bertz CT molecular complexity index is 752. The van der Waals surface area contributed by atoms with E-state index in [1.54, 1.807) is 0 Å². The minimum atomic E-state index is 0.777.